The molecule has 3 N–H and O–H groups in total. The van der Waals surface area contributed by atoms with Gasteiger partial charge in [0.1, 0.15) is 5.75 Å². The van der Waals surface area contributed by atoms with Crippen LogP contribution in [0.3, 0.4) is 0 Å². The Bertz CT molecular complexity index is 1770. The van der Waals surface area contributed by atoms with Crippen LogP contribution in [0.25, 0.3) is 10.9 Å². The van der Waals surface area contributed by atoms with Crippen LogP contribution in [0.4, 0.5) is 11.4 Å². The summed E-state index contributed by atoms with van der Waals surface area (Å²) in [6.45, 7) is 1.41. The van der Waals surface area contributed by atoms with Gasteiger partial charge in [0, 0.05) is 23.3 Å². The predicted octanol–water partition coefficient (Wildman–Crippen LogP) is 3.70. The molecule has 0 radical (unpaired) electrons. The monoisotopic (exact) mass is 555 g/mol. The molecule has 3 aromatic carbocycles. The van der Waals surface area contributed by atoms with Crippen molar-refractivity contribution in [2.45, 2.75) is 23.3 Å². The summed E-state index contributed by atoms with van der Waals surface area (Å²) in [7, 11) is -6.24. The van der Waals surface area contributed by atoms with Crippen LogP contribution in [0.15, 0.2) is 76.7 Å². The molecule has 1 amide bonds. The van der Waals surface area contributed by atoms with Crippen molar-refractivity contribution in [3.63, 3.8) is 0 Å². The fourth-order valence-electron chi connectivity index (χ4n) is 3.88. The number of sulfone groups is 1. The van der Waals surface area contributed by atoms with Gasteiger partial charge in [-0.05, 0) is 54.4 Å². The van der Waals surface area contributed by atoms with Gasteiger partial charge in [-0.1, -0.05) is 18.2 Å². The highest BCUT2D eigenvalue weighted by Gasteiger charge is 2.23. The SMILES string of the molecule is COc1cccc(Nc2c(C(N)=O)cnc3c(C)cc(S(=O)(=O)c4cccc(COS(C)(=O)=O)c4)cc23)c1. The molecule has 0 aliphatic rings. The molecule has 0 aliphatic heterocycles. The summed E-state index contributed by atoms with van der Waals surface area (Å²) in [6, 6.07) is 15.7. The number of anilines is 2. The van der Waals surface area contributed by atoms with E-state index >= 15 is 0 Å². The van der Waals surface area contributed by atoms with Gasteiger partial charge in [-0.3, -0.25) is 14.0 Å². The molecule has 0 fully saturated rings. The van der Waals surface area contributed by atoms with E-state index in [4.69, 9.17) is 14.7 Å². The van der Waals surface area contributed by atoms with Crippen molar-refractivity contribution in [2.75, 3.05) is 18.7 Å². The first kappa shape index (κ1) is 27.0. The fourth-order valence-corrected chi connectivity index (χ4v) is 5.67. The lowest BCUT2D eigenvalue weighted by Crippen LogP contribution is -2.14. The van der Waals surface area contributed by atoms with Gasteiger partial charge in [0.25, 0.3) is 16.0 Å². The van der Waals surface area contributed by atoms with Crippen LogP contribution in [0.2, 0.25) is 0 Å². The van der Waals surface area contributed by atoms with Crippen LogP contribution < -0.4 is 15.8 Å². The Hall–Kier alpha value is -4.00. The molecule has 0 atom stereocenters. The van der Waals surface area contributed by atoms with Gasteiger partial charge in [0.05, 0.1) is 46.5 Å². The number of aromatic nitrogens is 1. The first-order valence-electron chi connectivity index (χ1n) is 11.2. The second kappa shape index (κ2) is 10.4. The summed E-state index contributed by atoms with van der Waals surface area (Å²) in [5, 5.41) is 3.54. The van der Waals surface area contributed by atoms with Crippen molar-refractivity contribution < 1.29 is 30.6 Å². The molecule has 0 spiro atoms. The highest BCUT2D eigenvalue weighted by Crippen LogP contribution is 2.35. The topological polar surface area (TPSA) is 155 Å². The first-order valence-corrected chi connectivity index (χ1v) is 14.5. The van der Waals surface area contributed by atoms with E-state index in [9.17, 15) is 21.6 Å². The Morgan fingerprint density at radius 1 is 1.00 bits per heavy atom. The van der Waals surface area contributed by atoms with Gasteiger partial charge in [-0.25, -0.2) is 8.42 Å². The molecule has 1 aromatic heterocycles. The molecule has 0 unspecified atom stereocenters. The number of carbonyl (C=O) groups excluding carboxylic acids is 1. The summed E-state index contributed by atoms with van der Waals surface area (Å²) in [5.41, 5.74) is 8.00. The molecule has 1 heterocycles. The second-order valence-corrected chi connectivity index (χ2v) is 12.1. The Morgan fingerprint density at radius 2 is 1.74 bits per heavy atom. The van der Waals surface area contributed by atoms with E-state index in [1.54, 1.807) is 37.3 Å². The van der Waals surface area contributed by atoms with E-state index in [-0.39, 0.29) is 22.0 Å². The second-order valence-electron chi connectivity index (χ2n) is 8.52. The lowest BCUT2D eigenvalue weighted by Gasteiger charge is -2.16. The Morgan fingerprint density at radius 3 is 2.42 bits per heavy atom. The molecule has 4 aromatic rings. The Labute approximate surface area is 220 Å². The lowest BCUT2D eigenvalue weighted by molar-refractivity contribution is 0.100. The maximum Gasteiger partial charge on any atom is 0.264 e. The molecule has 0 saturated heterocycles. The minimum Gasteiger partial charge on any atom is -0.497 e. The number of aryl methyl sites for hydroxylation is 1. The zero-order chi connectivity index (χ0) is 27.7. The number of hydrogen-bond donors (Lipinski definition) is 2. The van der Waals surface area contributed by atoms with Gasteiger partial charge >= 0.3 is 0 Å². The number of methoxy groups -OCH3 is 1. The minimum absolute atomic E-state index is 0.0409. The van der Waals surface area contributed by atoms with E-state index in [1.807, 2.05) is 0 Å². The molecule has 0 aliphatic carbocycles. The summed E-state index contributed by atoms with van der Waals surface area (Å²) < 4.78 is 60.1. The Balaban J connectivity index is 1.86. The number of nitrogens with zero attached hydrogens (tertiary/aromatic N) is 1. The third-order valence-electron chi connectivity index (χ3n) is 5.70. The largest absolute Gasteiger partial charge is 0.497 e. The lowest BCUT2D eigenvalue weighted by atomic mass is 10.1. The fraction of sp³-hybridized carbons (Fsp3) is 0.154. The summed E-state index contributed by atoms with van der Waals surface area (Å²) in [4.78, 5) is 16.6. The van der Waals surface area contributed by atoms with Crippen molar-refractivity contribution in [1.82, 2.24) is 4.98 Å². The van der Waals surface area contributed by atoms with Crippen LogP contribution in [0.5, 0.6) is 5.75 Å². The number of hydrogen-bond acceptors (Lipinski definition) is 9. The van der Waals surface area contributed by atoms with Crippen molar-refractivity contribution in [1.29, 1.82) is 0 Å². The van der Waals surface area contributed by atoms with Gasteiger partial charge in [-0.15, -0.1) is 0 Å². The van der Waals surface area contributed by atoms with Crippen LogP contribution in [0, 0.1) is 6.92 Å². The number of pyridine rings is 1. The van der Waals surface area contributed by atoms with E-state index < -0.39 is 25.9 Å². The van der Waals surface area contributed by atoms with Crippen LogP contribution in [-0.2, 0) is 30.7 Å². The van der Waals surface area contributed by atoms with Gasteiger partial charge in [-0.2, -0.15) is 8.42 Å². The van der Waals surface area contributed by atoms with Crippen molar-refractivity contribution in [3.05, 3.63) is 83.6 Å². The summed E-state index contributed by atoms with van der Waals surface area (Å²) in [6.07, 6.45) is 2.26. The normalized spacial score (nSPS) is 11.9. The molecule has 0 bridgehead atoms. The number of amides is 1. The molecule has 38 heavy (non-hydrogen) atoms. The Kier molecular flexibility index (Phi) is 7.40. The van der Waals surface area contributed by atoms with E-state index in [0.717, 1.165) is 6.26 Å². The van der Waals surface area contributed by atoms with Crippen LogP contribution >= 0.6 is 0 Å². The first-order chi connectivity index (χ1) is 17.9. The van der Waals surface area contributed by atoms with Crippen molar-refractivity contribution in [3.8, 4) is 5.75 Å². The quantitative estimate of drug-likeness (QED) is 0.294. The average molecular weight is 556 g/mol. The zero-order valence-corrected chi connectivity index (χ0v) is 22.4. The molecule has 4 rings (SSSR count). The third kappa shape index (κ3) is 5.77. The zero-order valence-electron chi connectivity index (χ0n) is 20.8. The summed E-state index contributed by atoms with van der Waals surface area (Å²) in [5.74, 6) is -0.164. The smallest absolute Gasteiger partial charge is 0.264 e. The number of carbonyl (C=O) groups is 1. The van der Waals surface area contributed by atoms with E-state index in [1.165, 1.54) is 43.6 Å². The highest BCUT2D eigenvalue weighted by molar-refractivity contribution is 7.91. The van der Waals surface area contributed by atoms with Crippen LogP contribution in [0.1, 0.15) is 21.5 Å². The van der Waals surface area contributed by atoms with Crippen molar-refractivity contribution >= 4 is 48.1 Å². The predicted molar refractivity (Wildman–Crippen MR) is 143 cm³/mol. The van der Waals surface area contributed by atoms with Gasteiger partial charge in [0.15, 0.2) is 0 Å². The number of nitrogens with two attached hydrogens (primary N) is 1. The molecule has 0 saturated carbocycles. The maximum absolute atomic E-state index is 13.6. The number of benzene rings is 3. The summed E-state index contributed by atoms with van der Waals surface area (Å²) >= 11 is 0. The van der Waals surface area contributed by atoms with Crippen molar-refractivity contribution in [2.24, 2.45) is 5.73 Å². The number of primary amides is 1. The molecule has 198 valence electrons. The number of ether oxygens (including phenoxy) is 1. The van der Waals surface area contributed by atoms with E-state index in [0.29, 0.717) is 39.2 Å². The highest BCUT2D eigenvalue weighted by atomic mass is 32.2. The molecule has 10 nitrogen and oxygen atoms in total. The average Bonchev–Trinajstić information content (AvgIpc) is 2.87. The number of rotatable bonds is 9. The third-order valence-corrected chi connectivity index (χ3v) is 7.98. The maximum atomic E-state index is 13.6. The van der Waals surface area contributed by atoms with Gasteiger partial charge in [0.2, 0.25) is 9.84 Å². The van der Waals surface area contributed by atoms with Gasteiger partial charge < -0.3 is 15.8 Å². The molecule has 12 heteroatoms. The standard InChI is InChI=1S/C26H25N3O7S2/c1-16-10-21(38(33,34)20-9-4-6-17(11-20)15-36-37(3,31)32)13-22-24(16)28-14-23(26(27)30)25(22)29-18-7-5-8-19(12-18)35-2/h4-14H,15H2,1-3H3,(H2,27,30)(H,28,29). The number of nitrogens with one attached hydrogen (secondary N) is 1. The van der Waals surface area contributed by atoms with Crippen LogP contribution in [-0.4, -0.2) is 41.1 Å². The molecular weight excluding hydrogens is 530 g/mol. The van der Waals surface area contributed by atoms with E-state index in [2.05, 4.69) is 10.3 Å². The number of fused-ring (bicyclic) bond motifs is 1. The molecular formula is C26H25N3O7S2. The minimum atomic E-state index is -4.06.